The van der Waals surface area contributed by atoms with E-state index in [0.717, 1.165) is 12.5 Å². The molecule has 0 amide bonds. The topological polar surface area (TPSA) is 12.0 Å². The lowest BCUT2D eigenvalue weighted by atomic mass is 9.82. The van der Waals surface area contributed by atoms with Crippen LogP contribution in [0.4, 0.5) is 0 Å². The van der Waals surface area contributed by atoms with Crippen molar-refractivity contribution in [1.29, 1.82) is 0 Å². The highest BCUT2D eigenvalue weighted by molar-refractivity contribution is 9.11. The lowest BCUT2D eigenvalue weighted by Crippen LogP contribution is -2.24. The summed E-state index contributed by atoms with van der Waals surface area (Å²) in [6, 6.07) is 2.78. The molecule has 1 aromatic rings. The van der Waals surface area contributed by atoms with Gasteiger partial charge in [-0.1, -0.05) is 34.6 Å². The highest BCUT2D eigenvalue weighted by atomic mass is 79.9. The van der Waals surface area contributed by atoms with Crippen LogP contribution in [0.5, 0.6) is 0 Å². The van der Waals surface area contributed by atoms with Gasteiger partial charge in [-0.3, -0.25) is 0 Å². The smallest absolute Gasteiger partial charge is 0.0704 e. The SMILES string of the molecule is CCNC(CC(C)CC(C)(C)C)c1cc(Br)sc1C. The van der Waals surface area contributed by atoms with E-state index in [-0.39, 0.29) is 0 Å². The molecule has 3 heteroatoms. The predicted molar refractivity (Wildman–Crippen MR) is 91.0 cm³/mol. The molecule has 0 aliphatic rings. The van der Waals surface area contributed by atoms with Crippen molar-refractivity contribution in [3.05, 3.63) is 20.3 Å². The van der Waals surface area contributed by atoms with Gasteiger partial charge in [-0.05, 0) is 65.2 Å². The summed E-state index contributed by atoms with van der Waals surface area (Å²) in [5, 5.41) is 3.66. The molecule has 110 valence electrons. The van der Waals surface area contributed by atoms with E-state index in [1.54, 1.807) is 0 Å². The molecule has 0 aliphatic carbocycles. The van der Waals surface area contributed by atoms with Crippen LogP contribution >= 0.6 is 27.3 Å². The van der Waals surface area contributed by atoms with Crippen molar-refractivity contribution in [1.82, 2.24) is 5.32 Å². The highest BCUT2D eigenvalue weighted by Crippen LogP contribution is 2.35. The van der Waals surface area contributed by atoms with Crippen LogP contribution in [0, 0.1) is 18.3 Å². The molecule has 2 unspecified atom stereocenters. The van der Waals surface area contributed by atoms with Crippen molar-refractivity contribution in [3.8, 4) is 0 Å². The zero-order chi connectivity index (χ0) is 14.6. The molecule has 0 fully saturated rings. The Morgan fingerprint density at radius 3 is 2.42 bits per heavy atom. The van der Waals surface area contributed by atoms with E-state index in [1.807, 2.05) is 11.3 Å². The molecule has 1 aromatic heterocycles. The second-order valence-electron chi connectivity index (χ2n) is 6.78. The minimum atomic E-state index is 0.417. The summed E-state index contributed by atoms with van der Waals surface area (Å²) >= 11 is 5.45. The fourth-order valence-electron chi connectivity index (χ4n) is 2.90. The number of nitrogens with one attached hydrogen (secondary N) is 1. The maximum absolute atomic E-state index is 3.66. The van der Waals surface area contributed by atoms with Crippen LogP contribution in [0.1, 0.15) is 63.9 Å². The van der Waals surface area contributed by atoms with Gasteiger partial charge < -0.3 is 5.32 Å². The first-order valence-electron chi connectivity index (χ1n) is 7.22. The first-order chi connectivity index (χ1) is 8.73. The number of aryl methyl sites for hydroxylation is 1. The monoisotopic (exact) mass is 345 g/mol. The minimum absolute atomic E-state index is 0.417. The van der Waals surface area contributed by atoms with E-state index in [2.05, 4.69) is 68.9 Å². The van der Waals surface area contributed by atoms with E-state index in [0.29, 0.717) is 11.5 Å². The number of thiophene rings is 1. The third-order valence-corrected chi connectivity index (χ3v) is 4.92. The molecule has 19 heavy (non-hydrogen) atoms. The highest BCUT2D eigenvalue weighted by Gasteiger charge is 2.21. The summed E-state index contributed by atoms with van der Waals surface area (Å²) in [6.45, 7) is 14.8. The lowest BCUT2D eigenvalue weighted by Gasteiger charge is -2.27. The fourth-order valence-corrected chi connectivity index (χ4v) is 4.67. The molecule has 1 nitrogen and oxygen atoms in total. The van der Waals surface area contributed by atoms with Gasteiger partial charge in [-0.25, -0.2) is 0 Å². The molecule has 1 rings (SSSR count). The number of halogens is 1. The summed E-state index contributed by atoms with van der Waals surface area (Å²) < 4.78 is 1.24. The van der Waals surface area contributed by atoms with Crippen LogP contribution in [0.2, 0.25) is 0 Å². The minimum Gasteiger partial charge on any atom is -0.310 e. The summed E-state index contributed by atoms with van der Waals surface area (Å²) in [5.41, 5.74) is 1.89. The van der Waals surface area contributed by atoms with Crippen LogP contribution in [0.25, 0.3) is 0 Å². The zero-order valence-corrected chi connectivity index (χ0v) is 15.5. The van der Waals surface area contributed by atoms with E-state index in [9.17, 15) is 0 Å². The van der Waals surface area contributed by atoms with Crippen molar-refractivity contribution in [3.63, 3.8) is 0 Å². The van der Waals surface area contributed by atoms with Crippen LogP contribution in [0.3, 0.4) is 0 Å². The summed E-state index contributed by atoms with van der Waals surface area (Å²) in [4.78, 5) is 1.43. The first kappa shape index (κ1) is 17.2. The largest absolute Gasteiger partial charge is 0.310 e. The molecule has 1 N–H and O–H groups in total. The van der Waals surface area contributed by atoms with Gasteiger partial charge in [0.05, 0.1) is 3.79 Å². The van der Waals surface area contributed by atoms with Gasteiger partial charge in [0.1, 0.15) is 0 Å². The van der Waals surface area contributed by atoms with Crippen molar-refractivity contribution < 1.29 is 0 Å². The predicted octanol–water partition coefficient (Wildman–Crippen LogP) is 5.93. The molecule has 0 aromatic carbocycles. The third kappa shape index (κ3) is 5.97. The van der Waals surface area contributed by atoms with Crippen molar-refractivity contribution in [2.45, 2.75) is 60.4 Å². The Morgan fingerprint density at radius 1 is 1.37 bits per heavy atom. The Bertz CT molecular complexity index is 392. The summed E-state index contributed by atoms with van der Waals surface area (Å²) in [5.74, 6) is 0.738. The molecule has 0 radical (unpaired) electrons. The quantitative estimate of drug-likeness (QED) is 0.673. The van der Waals surface area contributed by atoms with Gasteiger partial charge in [0.25, 0.3) is 0 Å². The Hall–Kier alpha value is 0.140. The molecule has 1 heterocycles. The molecule has 0 bridgehead atoms. The molecular weight excluding hydrogens is 318 g/mol. The summed E-state index contributed by atoms with van der Waals surface area (Å²) in [7, 11) is 0. The van der Waals surface area contributed by atoms with Crippen molar-refractivity contribution in [2.75, 3.05) is 6.54 Å². The second-order valence-corrected chi connectivity index (χ2v) is 9.41. The Kier molecular flexibility index (Phi) is 6.55. The molecule has 2 atom stereocenters. The summed E-state index contributed by atoms with van der Waals surface area (Å²) in [6.07, 6.45) is 2.49. The second kappa shape index (κ2) is 7.24. The third-order valence-electron chi connectivity index (χ3n) is 3.35. The average Bonchev–Trinajstić information content (AvgIpc) is 2.54. The lowest BCUT2D eigenvalue weighted by molar-refractivity contribution is 0.276. The van der Waals surface area contributed by atoms with Gasteiger partial charge >= 0.3 is 0 Å². The first-order valence-corrected chi connectivity index (χ1v) is 8.83. The number of hydrogen-bond acceptors (Lipinski definition) is 2. The fraction of sp³-hybridized carbons (Fsp3) is 0.750. The maximum Gasteiger partial charge on any atom is 0.0704 e. The van der Waals surface area contributed by atoms with E-state index in [1.165, 1.54) is 27.1 Å². The Morgan fingerprint density at radius 2 is 2.00 bits per heavy atom. The van der Waals surface area contributed by atoms with Crippen LogP contribution in [-0.4, -0.2) is 6.54 Å². The molecular formula is C16H28BrNS. The van der Waals surface area contributed by atoms with E-state index >= 15 is 0 Å². The van der Waals surface area contributed by atoms with Crippen molar-refractivity contribution >= 4 is 27.3 Å². The Balaban J connectivity index is 2.76. The molecule has 0 aliphatic heterocycles. The normalized spacial score (nSPS) is 15.5. The average molecular weight is 346 g/mol. The number of rotatable bonds is 6. The molecule has 0 saturated heterocycles. The van der Waals surface area contributed by atoms with Gasteiger partial charge in [0.2, 0.25) is 0 Å². The van der Waals surface area contributed by atoms with Crippen LogP contribution < -0.4 is 5.32 Å². The van der Waals surface area contributed by atoms with Crippen molar-refractivity contribution in [2.24, 2.45) is 11.3 Å². The van der Waals surface area contributed by atoms with Gasteiger partial charge in [0.15, 0.2) is 0 Å². The maximum atomic E-state index is 3.66. The van der Waals surface area contributed by atoms with Gasteiger partial charge in [-0.2, -0.15) is 0 Å². The van der Waals surface area contributed by atoms with Crippen LogP contribution in [-0.2, 0) is 0 Å². The van der Waals surface area contributed by atoms with Gasteiger partial charge in [-0.15, -0.1) is 11.3 Å². The molecule has 0 spiro atoms. The van der Waals surface area contributed by atoms with E-state index in [4.69, 9.17) is 0 Å². The number of hydrogen-bond donors (Lipinski definition) is 1. The van der Waals surface area contributed by atoms with Gasteiger partial charge in [0, 0.05) is 10.9 Å². The zero-order valence-electron chi connectivity index (χ0n) is 13.1. The van der Waals surface area contributed by atoms with E-state index < -0.39 is 0 Å². The molecule has 0 saturated carbocycles. The Labute approximate surface area is 131 Å². The van der Waals surface area contributed by atoms with Crippen LogP contribution in [0.15, 0.2) is 9.85 Å². The standard InChI is InChI=1S/C16H28BrNS/c1-7-18-14(8-11(2)10-16(4,5)6)13-9-15(17)19-12(13)3/h9,11,14,18H,7-8,10H2,1-6H3.